The van der Waals surface area contributed by atoms with Crippen molar-refractivity contribution in [3.8, 4) is 0 Å². The highest BCUT2D eigenvalue weighted by Gasteiger charge is 2.14. The Morgan fingerprint density at radius 1 is 1.21 bits per heavy atom. The van der Waals surface area contributed by atoms with Crippen LogP contribution in [0.2, 0.25) is 0 Å². The number of hydrogen-bond donors (Lipinski definition) is 4. The SMILES string of the molecule is CC(C)NS(=O)(=O)c1ccc(NCC(O)CO)cc1. The van der Waals surface area contributed by atoms with Crippen LogP contribution in [0.5, 0.6) is 0 Å². The monoisotopic (exact) mass is 288 g/mol. The third kappa shape index (κ3) is 5.15. The van der Waals surface area contributed by atoms with Crippen molar-refractivity contribution in [3.05, 3.63) is 24.3 Å². The molecule has 4 N–H and O–H groups in total. The molecule has 0 bridgehead atoms. The molecule has 1 aromatic carbocycles. The van der Waals surface area contributed by atoms with Crippen LogP contribution in [-0.2, 0) is 10.0 Å². The van der Waals surface area contributed by atoms with Crippen molar-refractivity contribution < 1.29 is 18.6 Å². The van der Waals surface area contributed by atoms with Gasteiger partial charge in [0.05, 0.1) is 17.6 Å². The molecule has 0 aromatic heterocycles. The zero-order valence-corrected chi connectivity index (χ0v) is 11.8. The molecule has 0 amide bonds. The Kier molecular flexibility index (Phi) is 5.74. The molecule has 1 aromatic rings. The first-order valence-electron chi connectivity index (χ1n) is 6.00. The van der Waals surface area contributed by atoms with E-state index in [0.29, 0.717) is 5.69 Å². The van der Waals surface area contributed by atoms with Gasteiger partial charge in [-0.3, -0.25) is 0 Å². The van der Waals surface area contributed by atoms with Crippen molar-refractivity contribution in [3.63, 3.8) is 0 Å². The summed E-state index contributed by atoms with van der Waals surface area (Å²) in [5.74, 6) is 0. The van der Waals surface area contributed by atoms with Crippen LogP contribution in [0.3, 0.4) is 0 Å². The number of aliphatic hydroxyl groups is 2. The summed E-state index contributed by atoms with van der Waals surface area (Å²) in [5.41, 5.74) is 0.677. The Hall–Kier alpha value is -1.15. The van der Waals surface area contributed by atoms with E-state index in [-0.39, 0.29) is 24.1 Å². The van der Waals surface area contributed by atoms with Crippen molar-refractivity contribution in [2.24, 2.45) is 0 Å². The average Bonchev–Trinajstić information content (AvgIpc) is 2.35. The van der Waals surface area contributed by atoms with Crippen LogP contribution in [0.15, 0.2) is 29.2 Å². The van der Waals surface area contributed by atoms with Crippen LogP contribution in [0.1, 0.15) is 13.8 Å². The van der Waals surface area contributed by atoms with Gasteiger partial charge in [-0.05, 0) is 38.1 Å². The van der Waals surface area contributed by atoms with Crippen molar-refractivity contribution in [2.45, 2.75) is 30.9 Å². The lowest BCUT2D eigenvalue weighted by atomic mass is 10.3. The molecule has 1 rings (SSSR count). The van der Waals surface area contributed by atoms with Gasteiger partial charge in [-0.25, -0.2) is 13.1 Å². The first kappa shape index (κ1) is 15.9. The average molecular weight is 288 g/mol. The Balaban J connectivity index is 2.71. The van der Waals surface area contributed by atoms with Crippen molar-refractivity contribution in [1.29, 1.82) is 0 Å². The van der Waals surface area contributed by atoms with Crippen LogP contribution < -0.4 is 10.0 Å². The lowest BCUT2D eigenvalue weighted by Crippen LogP contribution is -2.30. The van der Waals surface area contributed by atoms with Crippen LogP contribution in [0.25, 0.3) is 0 Å². The molecule has 0 fully saturated rings. The van der Waals surface area contributed by atoms with E-state index in [1.54, 1.807) is 26.0 Å². The molecule has 0 radical (unpaired) electrons. The summed E-state index contributed by atoms with van der Waals surface area (Å²) in [6.07, 6.45) is -0.842. The predicted octanol–water partition coefficient (Wildman–Crippen LogP) is 0.138. The highest BCUT2D eigenvalue weighted by molar-refractivity contribution is 7.89. The summed E-state index contributed by atoms with van der Waals surface area (Å²) in [5, 5.41) is 20.7. The molecule has 7 heteroatoms. The first-order chi connectivity index (χ1) is 8.85. The number of aliphatic hydroxyl groups excluding tert-OH is 2. The zero-order valence-electron chi connectivity index (χ0n) is 11.0. The molecule has 0 spiro atoms. The van der Waals surface area contributed by atoms with Gasteiger partial charge < -0.3 is 15.5 Å². The van der Waals surface area contributed by atoms with Crippen LogP contribution in [0.4, 0.5) is 5.69 Å². The molecule has 1 unspecified atom stereocenters. The van der Waals surface area contributed by atoms with Gasteiger partial charge in [-0.1, -0.05) is 0 Å². The molecule has 108 valence electrons. The summed E-state index contributed by atoms with van der Waals surface area (Å²) >= 11 is 0. The number of benzene rings is 1. The van der Waals surface area contributed by atoms with Crippen molar-refractivity contribution >= 4 is 15.7 Å². The van der Waals surface area contributed by atoms with E-state index in [1.165, 1.54) is 12.1 Å². The van der Waals surface area contributed by atoms with E-state index in [1.807, 2.05) is 0 Å². The number of nitrogens with one attached hydrogen (secondary N) is 2. The summed E-state index contributed by atoms with van der Waals surface area (Å²) in [4.78, 5) is 0.189. The lowest BCUT2D eigenvalue weighted by Gasteiger charge is -2.12. The van der Waals surface area contributed by atoms with Crippen LogP contribution in [0, 0.1) is 0 Å². The van der Waals surface area contributed by atoms with Gasteiger partial charge in [0.25, 0.3) is 0 Å². The first-order valence-corrected chi connectivity index (χ1v) is 7.48. The minimum absolute atomic E-state index is 0.164. The number of rotatable bonds is 7. The fraction of sp³-hybridized carbons (Fsp3) is 0.500. The third-order valence-corrected chi connectivity index (χ3v) is 3.98. The summed E-state index contributed by atoms with van der Waals surface area (Å²) < 4.78 is 26.2. The van der Waals surface area contributed by atoms with E-state index in [2.05, 4.69) is 10.0 Å². The topological polar surface area (TPSA) is 98.7 Å². The fourth-order valence-corrected chi connectivity index (χ4v) is 2.68. The van der Waals surface area contributed by atoms with Crippen LogP contribution in [-0.4, -0.2) is 43.9 Å². The van der Waals surface area contributed by atoms with E-state index < -0.39 is 16.1 Å². The molecule has 0 aliphatic rings. The highest BCUT2D eigenvalue weighted by atomic mass is 32.2. The quantitative estimate of drug-likeness (QED) is 0.572. The van der Waals surface area contributed by atoms with Gasteiger partial charge in [0, 0.05) is 18.3 Å². The molecule has 1 atom stereocenters. The summed E-state index contributed by atoms with van der Waals surface area (Å²) in [6, 6.07) is 6.02. The minimum Gasteiger partial charge on any atom is -0.394 e. The Labute approximate surface area is 113 Å². The van der Waals surface area contributed by atoms with Crippen LogP contribution >= 0.6 is 0 Å². The molecular formula is C12H20N2O4S. The molecule has 0 heterocycles. The summed E-state index contributed by atoms with van der Waals surface area (Å²) in [7, 11) is -3.48. The fourth-order valence-electron chi connectivity index (χ4n) is 1.43. The summed E-state index contributed by atoms with van der Waals surface area (Å²) in [6.45, 7) is 3.39. The lowest BCUT2D eigenvalue weighted by molar-refractivity contribution is 0.105. The molecule has 19 heavy (non-hydrogen) atoms. The highest BCUT2D eigenvalue weighted by Crippen LogP contribution is 2.14. The molecular weight excluding hydrogens is 268 g/mol. The van der Waals surface area contributed by atoms with Crippen molar-refractivity contribution in [1.82, 2.24) is 4.72 Å². The third-order valence-electron chi connectivity index (χ3n) is 2.31. The van der Waals surface area contributed by atoms with E-state index in [9.17, 15) is 13.5 Å². The molecule has 0 aliphatic carbocycles. The molecule has 6 nitrogen and oxygen atoms in total. The molecule has 0 aliphatic heterocycles. The number of hydrogen-bond acceptors (Lipinski definition) is 5. The van der Waals surface area contributed by atoms with Gasteiger partial charge in [0.2, 0.25) is 10.0 Å². The molecule has 0 saturated carbocycles. The minimum atomic E-state index is -3.48. The van der Waals surface area contributed by atoms with Crippen molar-refractivity contribution in [2.75, 3.05) is 18.5 Å². The Bertz CT molecular complexity index is 485. The van der Waals surface area contributed by atoms with E-state index in [0.717, 1.165) is 0 Å². The largest absolute Gasteiger partial charge is 0.394 e. The maximum Gasteiger partial charge on any atom is 0.240 e. The van der Waals surface area contributed by atoms with Gasteiger partial charge in [-0.2, -0.15) is 0 Å². The number of sulfonamides is 1. The maximum atomic E-state index is 11.9. The standard InChI is InChI=1S/C12H20N2O4S/c1-9(2)14-19(17,18)12-5-3-10(4-6-12)13-7-11(16)8-15/h3-6,9,11,13-16H,7-8H2,1-2H3. The zero-order chi connectivity index (χ0) is 14.5. The second kappa shape index (κ2) is 6.85. The Morgan fingerprint density at radius 2 is 1.79 bits per heavy atom. The second-order valence-electron chi connectivity index (χ2n) is 4.52. The van der Waals surface area contributed by atoms with Gasteiger partial charge >= 0.3 is 0 Å². The smallest absolute Gasteiger partial charge is 0.240 e. The normalized spacial score (nSPS) is 13.5. The van der Waals surface area contributed by atoms with E-state index >= 15 is 0 Å². The van der Waals surface area contributed by atoms with E-state index in [4.69, 9.17) is 5.11 Å². The van der Waals surface area contributed by atoms with Gasteiger partial charge in [0.1, 0.15) is 0 Å². The van der Waals surface area contributed by atoms with Gasteiger partial charge in [-0.15, -0.1) is 0 Å². The Morgan fingerprint density at radius 3 is 2.26 bits per heavy atom. The second-order valence-corrected chi connectivity index (χ2v) is 6.23. The maximum absolute atomic E-state index is 11.9. The number of anilines is 1. The molecule has 0 saturated heterocycles. The predicted molar refractivity (Wildman–Crippen MR) is 73.5 cm³/mol. The van der Waals surface area contributed by atoms with Gasteiger partial charge in [0.15, 0.2) is 0 Å².